The molecule has 8 heteroatoms. The summed E-state index contributed by atoms with van der Waals surface area (Å²) < 4.78 is 6.13. The second-order valence-corrected chi connectivity index (χ2v) is 9.87. The lowest BCUT2D eigenvalue weighted by atomic mass is 9.99. The molecule has 190 valence electrons. The quantitative estimate of drug-likeness (QED) is 0.216. The molecule has 1 saturated heterocycles. The molecule has 0 bridgehead atoms. The van der Waals surface area contributed by atoms with Crippen molar-refractivity contribution < 1.29 is 19.1 Å². The van der Waals surface area contributed by atoms with E-state index in [2.05, 4.69) is 5.32 Å². The number of hydrogen-bond donors (Lipinski definition) is 1. The third kappa shape index (κ3) is 5.01. The van der Waals surface area contributed by atoms with Crippen LogP contribution in [0.2, 0.25) is 10.0 Å². The first-order valence-electron chi connectivity index (χ1n) is 11.8. The van der Waals surface area contributed by atoms with E-state index in [9.17, 15) is 14.4 Å². The third-order valence-corrected chi connectivity index (χ3v) is 6.77. The van der Waals surface area contributed by atoms with Crippen molar-refractivity contribution in [3.63, 3.8) is 0 Å². The highest BCUT2D eigenvalue weighted by Gasteiger charge is 2.37. The largest absolute Gasteiger partial charge is 0.488 e. The molecular formula is C30H22Cl2N2O4. The number of carbonyl (C=O) groups is 3. The van der Waals surface area contributed by atoms with E-state index in [0.29, 0.717) is 27.0 Å². The number of hydrogen-bond acceptors (Lipinski definition) is 4. The Hall–Kier alpha value is -4.13. The lowest BCUT2D eigenvalue weighted by Crippen LogP contribution is -2.54. The molecule has 4 amide bonds. The van der Waals surface area contributed by atoms with Crippen LogP contribution < -0.4 is 15.0 Å². The maximum atomic E-state index is 13.6. The lowest BCUT2D eigenvalue weighted by molar-refractivity contribution is -0.122. The zero-order chi connectivity index (χ0) is 27.0. The van der Waals surface area contributed by atoms with Crippen LogP contribution in [0.4, 0.5) is 10.5 Å². The molecule has 0 aliphatic carbocycles. The Bertz CT molecular complexity index is 1640. The summed E-state index contributed by atoms with van der Waals surface area (Å²) in [5, 5.41) is 4.93. The summed E-state index contributed by atoms with van der Waals surface area (Å²) in [6.45, 7) is 3.88. The number of carbonyl (C=O) groups excluding carboxylic acids is 3. The number of halogens is 2. The van der Waals surface area contributed by atoms with E-state index in [-0.39, 0.29) is 12.2 Å². The number of ether oxygens (including phenoxy) is 1. The first-order chi connectivity index (χ1) is 18.2. The fourth-order valence-electron chi connectivity index (χ4n) is 4.46. The number of urea groups is 1. The van der Waals surface area contributed by atoms with E-state index >= 15 is 0 Å². The number of aryl methyl sites for hydroxylation is 2. The van der Waals surface area contributed by atoms with Crippen LogP contribution in [-0.4, -0.2) is 17.8 Å². The number of anilines is 1. The lowest BCUT2D eigenvalue weighted by Gasteiger charge is -2.27. The van der Waals surface area contributed by atoms with E-state index < -0.39 is 17.8 Å². The van der Waals surface area contributed by atoms with Crippen LogP contribution in [-0.2, 0) is 16.2 Å². The van der Waals surface area contributed by atoms with Gasteiger partial charge in [0, 0.05) is 21.2 Å². The van der Waals surface area contributed by atoms with Gasteiger partial charge in [-0.25, -0.2) is 9.69 Å². The summed E-state index contributed by atoms with van der Waals surface area (Å²) in [5.41, 5.74) is 3.22. The molecule has 1 aliphatic rings. The molecule has 0 saturated carbocycles. The van der Waals surface area contributed by atoms with Gasteiger partial charge in [-0.05, 0) is 72.2 Å². The molecule has 38 heavy (non-hydrogen) atoms. The van der Waals surface area contributed by atoms with Crippen molar-refractivity contribution in [2.24, 2.45) is 0 Å². The highest BCUT2D eigenvalue weighted by atomic mass is 35.5. The molecule has 0 radical (unpaired) electrons. The minimum atomic E-state index is -0.797. The summed E-state index contributed by atoms with van der Waals surface area (Å²) in [7, 11) is 0. The summed E-state index contributed by atoms with van der Waals surface area (Å²) in [4.78, 5) is 40.2. The molecule has 0 aromatic heterocycles. The average molecular weight is 545 g/mol. The summed E-state index contributed by atoms with van der Waals surface area (Å²) >= 11 is 12.3. The number of nitrogens with zero attached hydrogens (tertiary/aromatic N) is 1. The third-order valence-electron chi connectivity index (χ3n) is 6.18. The van der Waals surface area contributed by atoms with E-state index in [1.54, 1.807) is 36.4 Å². The minimum Gasteiger partial charge on any atom is -0.488 e. The van der Waals surface area contributed by atoms with Crippen molar-refractivity contribution in [3.8, 4) is 5.75 Å². The van der Waals surface area contributed by atoms with Crippen molar-refractivity contribution >= 4 is 63.6 Å². The van der Waals surface area contributed by atoms with Gasteiger partial charge in [-0.1, -0.05) is 65.7 Å². The first-order valence-corrected chi connectivity index (χ1v) is 12.5. The topological polar surface area (TPSA) is 75.7 Å². The molecule has 5 rings (SSSR count). The molecule has 1 N–H and O–H groups in total. The molecular weight excluding hydrogens is 523 g/mol. The Kier molecular flexibility index (Phi) is 6.93. The number of amides is 4. The van der Waals surface area contributed by atoms with Gasteiger partial charge in [0.05, 0.1) is 5.69 Å². The van der Waals surface area contributed by atoms with Crippen LogP contribution in [0.3, 0.4) is 0 Å². The zero-order valence-electron chi connectivity index (χ0n) is 20.5. The highest BCUT2D eigenvalue weighted by Crippen LogP contribution is 2.33. The molecule has 6 nitrogen and oxygen atoms in total. The Morgan fingerprint density at radius 3 is 2.37 bits per heavy atom. The van der Waals surface area contributed by atoms with Gasteiger partial charge in [0.1, 0.15) is 17.9 Å². The van der Waals surface area contributed by atoms with E-state index in [4.69, 9.17) is 27.9 Å². The van der Waals surface area contributed by atoms with Gasteiger partial charge in [-0.15, -0.1) is 0 Å². The molecule has 1 heterocycles. The van der Waals surface area contributed by atoms with Gasteiger partial charge >= 0.3 is 6.03 Å². The number of benzene rings is 4. The number of barbiturate groups is 1. The molecule has 0 spiro atoms. The predicted molar refractivity (Wildman–Crippen MR) is 150 cm³/mol. The van der Waals surface area contributed by atoms with Gasteiger partial charge in [-0.3, -0.25) is 14.9 Å². The summed E-state index contributed by atoms with van der Waals surface area (Å²) in [6, 6.07) is 20.9. The predicted octanol–water partition coefficient (Wildman–Crippen LogP) is 7.01. The summed E-state index contributed by atoms with van der Waals surface area (Å²) in [5.74, 6) is -1.05. The number of fused-ring (bicyclic) bond motifs is 1. The normalized spacial score (nSPS) is 14.8. The Morgan fingerprint density at radius 2 is 1.63 bits per heavy atom. The maximum absolute atomic E-state index is 13.6. The van der Waals surface area contributed by atoms with Gasteiger partial charge in [-0.2, -0.15) is 0 Å². The van der Waals surface area contributed by atoms with Crippen LogP contribution >= 0.6 is 23.2 Å². The molecule has 1 fully saturated rings. The van der Waals surface area contributed by atoms with Crippen LogP contribution in [0.15, 0.2) is 78.4 Å². The number of imide groups is 2. The molecule has 1 aliphatic heterocycles. The molecule has 4 aromatic rings. The Labute approximate surface area is 229 Å². The zero-order valence-corrected chi connectivity index (χ0v) is 22.1. The second kappa shape index (κ2) is 10.3. The Balaban J connectivity index is 1.59. The monoisotopic (exact) mass is 544 g/mol. The smallest absolute Gasteiger partial charge is 0.335 e. The maximum Gasteiger partial charge on any atom is 0.335 e. The van der Waals surface area contributed by atoms with Gasteiger partial charge < -0.3 is 4.74 Å². The van der Waals surface area contributed by atoms with Crippen molar-refractivity contribution in [1.82, 2.24) is 5.32 Å². The highest BCUT2D eigenvalue weighted by molar-refractivity contribution is 6.39. The average Bonchev–Trinajstić information content (AvgIpc) is 2.85. The molecule has 4 aromatic carbocycles. The van der Waals surface area contributed by atoms with Crippen molar-refractivity contribution in [2.75, 3.05) is 4.90 Å². The first kappa shape index (κ1) is 25.5. The number of nitrogens with one attached hydrogen (secondary N) is 1. The second-order valence-electron chi connectivity index (χ2n) is 9.03. The van der Waals surface area contributed by atoms with Crippen molar-refractivity contribution in [2.45, 2.75) is 20.5 Å². The van der Waals surface area contributed by atoms with Gasteiger partial charge in [0.2, 0.25) is 0 Å². The molecule has 0 atom stereocenters. The van der Waals surface area contributed by atoms with Gasteiger partial charge in [0.25, 0.3) is 11.8 Å². The SMILES string of the molecule is Cc1cc(C)cc(N2C(=O)NC(=O)/C(=C\c3c(OCc4ccc(Cl)cc4Cl)ccc4ccccc34)C2=O)c1. The fourth-order valence-corrected chi connectivity index (χ4v) is 4.92. The summed E-state index contributed by atoms with van der Waals surface area (Å²) in [6.07, 6.45) is 1.47. The van der Waals surface area contributed by atoms with E-state index in [1.807, 2.05) is 50.2 Å². The van der Waals surface area contributed by atoms with Crippen molar-refractivity contribution in [1.29, 1.82) is 0 Å². The van der Waals surface area contributed by atoms with Crippen LogP contribution in [0.25, 0.3) is 16.8 Å². The van der Waals surface area contributed by atoms with E-state index in [0.717, 1.165) is 32.4 Å². The van der Waals surface area contributed by atoms with Gasteiger partial charge in [0.15, 0.2) is 0 Å². The number of rotatable bonds is 5. The van der Waals surface area contributed by atoms with E-state index in [1.165, 1.54) is 6.08 Å². The fraction of sp³-hybridized carbons (Fsp3) is 0.100. The standard InChI is InChI=1S/C30H22Cl2N2O4/c1-17-11-18(2)13-22(12-17)34-29(36)25(28(35)33-30(34)37)15-24-23-6-4-3-5-19(23)8-10-27(24)38-16-20-7-9-21(31)14-26(20)32/h3-15H,16H2,1-2H3,(H,33,35,37)/b25-15+. The van der Waals surface area contributed by atoms with Crippen LogP contribution in [0.5, 0.6) is 5.75 Å². The Morgan fingerprint density at radius 1 is 0.895 bits per heavy atom. The van der Waals surface area contributed by atoms with Crippen molar-refractivity contribution in [3.05, 3.63) is 111 Å². The molecule has 0 unspecified atom stereocenters. The minimum absolute atomic E-state index is 0.137. The van der Waals surface area contributed by atoms with Crippen LogP contribution in [0.1, 0.15) is 22.3 Å². The van der Waals surface area contributed by atoms with Crippen LogP contribution in [0, 0.1) is 13.8 Å².